The molecule has 0 bridgehead atoms. The second kappa shape index (κ2) is 6.98. The predicted octanol–water partition coefficient (Wildman–Crippen LogP) is 1.72. The number of hydrogen-bond acceptors (Lipinski definition) is 4. The van der Waals surface area contributed by atoms with E-state index < -0.39 is 15.9 Å². The zero-order valence-electron chi connectivity index (χ0n) is 12.8. The number of halogens is 1. The van der Waals surface area contributed by atoms with E-state index in [1.807, 2.05) is 6.07 Å². The summed E-state index contributed by atoms with van der Waals surface area (Å²) in [5, 5.41) is 0.452. The van der Waals surface area contributed by atoms with E-state index in [0.29, 0.717) is 17.5 Å². The Kier molecular flexibility index (Phi) is 5.13. The van der Waals surface area contributed by atoms with Gasteiger partial charge in [-0.3, -0.25) is 4.79 Å². The molecule has 1 aromatic heterocycles. The highest BCUT2D eigenvalue weighted by atomic mass is 127. The quantitative estimate of drug-likeness (QED) is 0.586. The third-order valence-electron chi connectivity index (χ3n) is 4.00. The lowest BCUT2D eigenvalue weighted by Gasteiger charge is -2.22. The molecule has 0 radical (unpaired) electrons. The summed E-state index contributed by atoms with van der Waals surface area (Å²) in [7, 11) is -3.90. The first kappa shape index (κ1) is 17.6. The van der Waals surface area contributed by atoms with Gasteiger partial charge in [0.15, 0.2) is 0 Å². The minimum atomic E-state index is -3.90. The smallest absolute Gasteiger partial charge is 0.266 e. The van der Waals surface area contributed by atoms with Crippen LogP contribution in [-0.4, -0.2) is 38.6 Å². The van der Waals surface area contributed by atoms with Crippen LogP contribution in [0.3, 0.4) is 0 Å². The van der Waals surface area contributed by atoms with Crippen LogP contribution in [-0.2, 0) is 14.8 Å². The number of nitrogens with two attached hydrogens (primary N) is 1. The molecule has 1 amide bonds. The highest BCUT2D eigenvalue weighted by Crippen LogP contribution is 2.28. The van der Waals surface area contributed by atoms with Crippen LogP contribution in [0.4, 0.5) is 0 Å². The van der Waals surface area contributed by atoms with Crippen LogP contribution in [0.15, 0.2) is 23.1 Å². The summed E-state index contributed by atoms with van der Waals surface area (Å²) in [6.45, 7) is 0.821. The Hall–Kier alpha value is -1.17. The van der Waals surface area contributed by atoms with E-state index in [4.69, 9.17) is 10.5 Å². The average Bonchev–Trinajstić information content (AvgIpc) is 2.94. The summed E-state index contributed by atoms with van der Waals surface area (Å²) in [5.74, 6) is -0.810. The van der Waals surface area contributed by atoms with Crippen molar-refractivity contribution in [3.05, 3.63) is 27.5 Å². The highest BCUT2D eigenvalue weighted by Gasteiger charge is 2.28. The van der Waals surface area contributed by atoms with Crippen molar-refractivity contribution in [2.24, 2.45) is 5.73 Å². The van der Waals surface area contributed by atoms with Gasteiger partial charge in [0.1, 0.15) is 10.6 Å². The molecule has 4 N–H and O–H groups in total. The number of benzene rings is 1. The molecular weight excluding hydrogens is 445 g/mol. The van der Waals surface area contributed by atoms with Gasteiger partial charge in [-0.25, -0.2) is 13.1 Å². The van der Waals surface area contributed by atoms with Crippen molar-refractivity contribution >= 4 is 49.4 Å². The summed E-state index contributed by atoms with van der Waals surface area (Å²) in [4.78, 5) is 14.4. The fourth-order valence-electron chi connectivity index (χ4n) is 2.84. The number of primary amides is 1. The highest BCUT2D eigenvalue weighted by molar-refractivity contribution is 14.1. The third-order valence-corrected chi connectivity index (χ3v) is 6.18. The standard InChI is InChI=1S/C15H18IN3O4S/c16-9-4-5-12-11(7-9)14(13(19-12)15(17)20)24(21,22)18-8-10-3-1-2-6-23-10/h4-5,7,10,18-19H,1-3,6,8H2,(H2,17,20). The van der Waals surface area contributed by atoms with Crippen LogP contribution in [0.5, 0.6) is 0 Å². The number of nitrogens with one attached hydrogen (secondary N) is 2. The van der Waals surface area contributed by atoms with Crippen LogP contribution >= 0.6 is 22.6 Å². The number of rotatable bonds is 5. The van der Waals surface area contributed by atoms with Gasteiger partial charge in [-0.15, -0.1) is 0 Å². The Morgan fingerprint density at radius 3 is 2.88 bits per heavy atom. The van der Waals surface area contributed by atoms with E-state index in [-0.39, 0.29) is 23.2 Å². The van der Waals surface area contributed by atoms with E-state index >= 15 is 0 Å². The zero-order chi connectivity index (χ0) is 17.3. The average molecular weight is 463 g/mol. The molecule has 1 saturated heterocycles. The van der Waals surface area contributed by atoms with Gasteiger partial charge in [0.05, 0.1) is 6.10 Å². The minimum Gasteiger partial charge on any atom is -0.377 e. The van der Waals surface area contributed by atoms with E-state index in [2.05, 4.69) is 32.3 Å². The number of aromatic nitrogens is 1. The summed E-state index contributed by atoms with van der Waals surface area (Å²) >= 11 is 2.09. The predicted molar refractivity (Wildman–Crippen MR) is 98.3 cm³/mol. The van der Waals surface area contributed by atoms with Crippen LogP contribution in [0.1, 0.15) is 29.8 Å². The molecule has 1 fully saturated rings. The van der Waals surface area contributed by atoms with Crippen molar-refractivity contribution < 1.29 is 17.9 Å². The monoisotopic (exact) mass is 463 g/mol. The Morgan fingerprint density at radius 2 is 2.21 bits per heavy atom. The first-order valence-corrected chi connectivity index (χ1v) is 10.2. The second-order valence-corrected chi connectivity index (χ2v) is 8.67. The van der Waals surface area contributed by atoms with Crippen LogP contribution in [0, 0.1) is 3.57 Å². The maximum Gasteiger partial charge on any atom is 0.266 e. The Labute approximate surface area is 153 Å². The molecule has 2 aromatic rings. The van der Waals surface area contributed by atoms with Gasteiger partial charge >= 0.3 is 0 Å². The number of fused-ring (bicyclic) bond motifs is 1. The SMILES string of the molecule is NC(=O)c1[nH]c2ccc(I)cc2c1S(=O)(=O)NCC1CCCCO1. The van der Waals surface area contributed by atoms with Gasteiger partial charge in [0.25, 0.3) is 5.91 Å². The molecule has 1 aromatic carbocycles. The Bertz CT molecular complexity index is 872. The number of carbonyl (C=O) groups is 1. The summed E-state index contributed by atoms with van der Waals surface area (Å²) in [6.07, 6.45) is 2.69. The number of hydrogen-bond donors (Lipinski definition) is 3. The molecule has 1 unspecified atom stereocenters. The number of ether oxygens (including phenoxy) is 1. The topological polar surface area (TPSA) is 114 Å². The first-order valence-electron chi connectivity index (χ1n) is 7.61. The zero-order valence-corrected chi connectivity index (χ0v) is 15.8. The molecule has 7 nitrogen and oxygen atoms in total. The number of sulfonamides is 1. The van der Waals surface area contributed by atoms with Gasteiger partial charge in [0, 0.05) is 27.6 Å². The number of aromatic amines is 1. The maximum atomic E-state index is 12.8. The summed E-state index contributed by atoms with van der Waals surface area (Å²) in [5.41, 5.74) is 5.81. The van der Waals surface area contributed by atoms with Crippen molar-refractivity contribution in [1.82, 2.24) is 9.71 Å². The van der Waals surface area contributed by atoms with Crippen LogP contribution in [0.25, 0.3) is 10.9 Å². The molecular formula is C15H18IN3O4S. The number of H-pyrrole nitrogens is 1. The lowest BCUT2D eigenvalue weighted by molar-refractivity contribution is 0.0200. The maximum absolute atomic E-state index is 12.8. The molecule has 130 valence electrons. The largest absolute Gasteiger partial charge is 0.377 e. The molecule has 0 aliphatic carbocycles. The molecule has 1 aliphatic heterocycles. The van der Waals surface area contributed by atoms with Gasteiger partial charge in [-0.1, -0.05) is 0 Å². The summed E-state index contributed by atoms with van der Waals surface area (Å²) < 4.78 is 34.5. The van der Waals surface area contributed by atoms with E-state index in [9.17, 15) is 13.2 Å². The second-order valence-electron chi connectivity index (χ2n) is 5.72. The lowest BCUT2D eigenvalue weighted by atomic mass is 10.1. The Balaban J connectivity index is 1.97. The number of amides is 1. The van der Waals surface area contributed by atoms with E-state index in [0.717, 1.165) is 22.8 Å². The molecule has 2 heterocycles. The normalized spacial score (nSPS) is 18.8. The van der Waals surface area contributed by atoms with Gasteiger partial charge in [-0.05, 0) is 60.1 Å². The van der Waals surface area contributed by atoms with E-state index in [1.54, 1.807) is 12.1 Å². The van der Waals surface area contributed by atoms with Gasteiger partial charge < -0.3 is 15.5 Å². The summed E-state index contributed by atoms with van der Waals surface area (Å²) in [6, 6.07) is 5.27. The first-order chi connectivity index (χ1) is 11.4. The fraction of sp³-hybridized carbons (Fsp3) is 0.400. The van der Waals surface area contributed by atoms with Crippen molar-refractivity contribution in [3.8, 4) is 0 Å². The molecule has 0 saturated carbocycles. The van der Waals surface area contributed by atoms with Crippen LogP contribution in [0.2, 0.25) is 0 Å². The van der Waals surface area contributed by atoms with Crippen molar-refractivity contribution in [3.63, 3.8) is 0 Å². The van der Waals surface area contributed by atoms with Gasteiger partial charge in [-0.2, -0.15) is 0 Å². The van der Waals surface area contributed by atoms with Crippen LogP contribution < -0.4 is 10.5 Å². The van der Waals surface area contributed by atoms with Crippen molar-refractivity contribution in [1.29, 1.82) is 0 Å². The molecule has 1 aliphatic rings. The molecule has 0 spiro atoms. The van der Waals surface area contributed by atoms with E-state index in [1.165, 1.54) is 0 Å². The molecule has 3 rings (SSSR count). The van der Waals surface area contributed by atoms with Crippen molar-refractivity contribution in [2.45, 2.75) is 30.3 Å². The lowest BCUT2D eigenvalue weighted by Crippen LogP contribution is -2.36. The van der Waals surface area contributed by atoms with Crippen molar-refractivity contribution in [2.75, 3.05) is 13.2 Å². The molecule has 1 atom stereocenters. The molecule has 24 heavy (non-hydrogen) atoms. The fourth-order valence-corrected chi connectivity index (χ4v) is 4.75. The minimum absolute atomic E-state index is 0.0978. The third kappa shape index (κ3) is 3.58. The van der Waals surface area contributed by atoms with Gasteiger partial charge in [0.2, 0.25) is 10.0 Å². The molecule has 9 heteroatoms. The Morgan fingerprint density at radius 1 is 1.42 bits per heavy atom. The number of carbonyl (C=O) groups excluding carboxylic acids is 1.